The Kier molecular flexibility index (Phi) is 9.61. The highest BCUT2D eigenvalue weighted by molar-refractivity contribution is 8.15. The lowest BCUT2D eigenvalue weighted by Crippen LogP contribution is -2.46. The van der Waals surface area contributed by atoms with Crippen molar-refractivity contribution in [2.75, 3.05) is 18.5 Å². The van der Waals surface area contributed by atoms with Gasteiger partial charge in [-0.3, -0.25) is 14.5 Å². The molecule has 0 saturated carbocycles. The second-order valence-electron chi connectivity index (χ2n) is 8.54. The largest absolute Gasteiger partial charge is 0.462 e. The number of aliphatic imine (C=N–C) groups is 1. The minimum atomic E-state index is -0.755. The molecule has 7 nitrogen and oxygen atoms in total. The van der Waals surface area contributed by atoms with Crippen LogP contribution in [0.25, 0.3) is 0 Å². The number of esters is 1. The molecule has 4 rings (SSSR count). The first-order valence-electron chi connectivity index (χ1n) is 12.1. The fourth-order valence-corrected chi connectivity index (χ4v) is 5.45. The Bertz CT molecular complexity index is 1380. The van der Waals surface area contributed by atoms with Gasteiger partial charge in [0.25, 0.3) is 0 Å². The van der Waals surface area contributed by atoms with Crippen molar-refractivity contribution in [2.45, 2.75) is 25.0 Å². The quantitative estimate of drug-likeness (QED) is 0.303. The van der Waals surface area contributed by atoms with E-state index in [1.807, 2.05) is 0 Å². The molecule has 3 aromatic rings. The number of anilines is 1. The molecule has 1 N–H and O–H groups in total. The standard InChI is InChI=1S/C28H24Cl2FN3O4S/c1-2-38-27(37)18-5-9-22(10-6-18)33-28-34(12-11-17-3-7-21(31)8-4-17)25(35)16-24(39-28)26(36)32-23-14-19(29)13-20(30)15-23/h3-10,13-15,24H,2,11-12,16H2,1H3,(H,32,36). The molecule has 0 spiro atoms. The maximum Gasteiger partial charge on any atom is 0.338 e. The number of hydrogen-bond acceptors (Lipinski definition) is 6. The van der Waals surface area contributed by atoms with Gasteiger partial charge in [-0.2, -0.15) is 0 Å². The van der Waals surface area contributed by atoms with Gasteiger partial charge in [0.05, 0.1) is 17.9 Å². The maximum absolute atomic E-state index is 13.3. The number of amides is 2. The lowest BCUT2D eigenvalue weighted by molar-refractivity contribution is -0.129. The van der Waals surface area contributed by atoms with Crippen molar-refractivity contribution in [3.8, 4) is 0 Å². The van der Waals surface area contributed by atoms with E-state index >= 15 is 0 Å². The van der Waals surface area contributed by atoms with E-state index in [1.54, 1.807) is 61.5 Å². The van der Waals surface area contributed by atoms with Gasteiger partial charge < -0.3 is 10.1 Å². The topological polar surface area (TPSA) is 88.1 Å². The SMILES string of the molecule is CCOC(=O)c1ccc(N=C2SC(C(=O)Nc3cc(Cl)cc(Cl)c3)CC(=O)N2CCc2ccc(F)cc2)cc1. The molecule has 1 atom stereocenters. The van der Waals surface area contributed by atoms with Gasteiger partial charge in [0, 0.05) is 28.7 Å². The van der Waals surface area contributed by atoms with Crippen molar-refractivity contribution in [2.24, 2.45) is 4.99 Å². The van der Waals surface area contributed by atoms with Gasteiger partial charge in [-0.05, 0) is 73.5 Å². The molecular formula is C28H24Cl2FN3O4S. The number of nitrogens with zero attached hydrogens (tertiary/aromatic N) is 2. The minimum Gasteiger partial charge on any atom is -0.462 e. The lowest BCUT2D eigenvalue weighted by atomic mass is 10.1. The second-order valence-corrected chi connectivity index (χ2v) is 10.6. The lowest BCUT2D eigenvalue weighted by Gasteiger charge is -2.32. The number of thioether (sulfide) groups is 1. The highest BCUT2D eigenvalue weighted by atomic mass is 35.5. The van der Waals surface area contributed by atoms with E-state index < -0.39 is 17.1 Å². The average molecular weight is 588 g/mol. The summed E-state index contributed by atoms with van der Waals surface area (Å²) in [5.41, 5.74) is 2.13. The van der Waals surface area contributed by atoms with Gasteiger partial charge in [0.2, 0.25) is 11.8 Å². The van der Waals surface area contributed by atoms with Crippen LogP contribution in [0.15, 0.2) is 71.7 Å². The number of benzene rings is 3. The number of rotatable bonds is 8. The van der Waals surface area contributed by atoms with Crippen LogP contribution in [-0.4, -0.2) is 46.3 Å². The van der Waals surface area contributed by atoms with Gasteiger partial charge in [-0.25, -0.2) is 14.2 Å². The summed E-state index contributed by atoms with van der Waals surface area (Å²) in [6, 6.07) is 17.2. The monoisotopic (exact) mass is 587 g/mol. The first-order chi connectivity index (χ1) is 18.7. The Morgan fingerprint density at radius 3 is 2.38 bits per heavy atom. The molecule has 1 saturated heterocycles. The van der Waals surface area contributed by atoms with Crippen molar-refractivity contribution in [3.63, 3.8) is 0 Å². The molecule has 2 amide bonds. The number of nitrogens with one attached hydrogen (secondary N) is 1. The van der Waals surface area contributed by atoms with Crippen LogP contribution in [0.4, 0.5) is 15.8 Å². The van der Waals surface area contributed by atoms with Crippen LogP contribution in [0.3, 0.4) is 0 Å². The highest BCUT2D eigenvalue weighted by Gasteiger charge is 2.36. The van der Waals surface area contributed by atoms with E-state index in [2.05, 4.69) is 10.3 Å². The van der Waals surface area contributed by atoms with Crippen molar-refractivity contribution in [1.82, 2.24) is 4.90 Å². The molecule has 0 bridgehead atoms. The third-order valence-electron chi connectivity index (χ3n) is 5.70. The molecule has 11 heteroatoms. The molecule has 0 aromatic heterocycles. The number of ether oxygens (including phenoxy) is 1. The predicted octanol–water partition coefficient (Wildman–Crippen LogP) is 6.51. The van der Waals surface area contributed by atoms with E-state index in [4.69, 9.17) is 27.9 Å². The molecule has 39 heavy (non-hydrogen) atoms. The summed E-state index contributed by atoms with van der Waals surface area (Å²) in [5.74, 6) is -1.46. The molecule has 1 heterocycles. The van der Waals surface area contributed by atoms with Gasteiger partial charge in [0.1, 0.15) is 11.1 Å². The van der Waals surface area contributed by atoms with Crippen LogP contribution in [0, 0.1) is 5.82 Å². The van der Waals surface area contributed by atoms with Crippen molar-refractivity contribution >= 4 is 69.3 Å². The molecule has 1 aliphatic rings. The molecule has 3 aromatic carbocycles. The third-order valence-corrected chi connectivity index (χ3v) is 7.33. The first kappa shape index (κ1) is 28.6. The van der Waals surface area contributed by atoms with Gasteiger partial charge in [-0.1, -0.05) is 47.1 Å². The van der Waals surface area contributed by atoms with Crippen LogP contribution >= 0.6 is 35.0 Å². The minimum absolute atomic E-state index is 0.0466. The predicted molar refractivity (Wildman–Crippen MR) is 152 cm³/mol. The van der Waals surface area contributed by atoms with E-state index in [1.165, 1.54) is 17.0 Å². The van der Waals surface area contributed by atoms with Crippen LogP contribution in [0.5, 0.6) is 0 Å². The number of hydrogen-bond donors (Lipinski definition) is 1. The van der Waals surface area contributed by atoms with Crippen LogP contribution in [0.1, 0.15) is 29.3 Å². The second kappa shape index (κ2) is 13.1. The Morgan fingerprint density at radius 1 is 1.08 bits per heavy atom. The van der Waals surface area contributed by atoms with Crippen molar-refractivity contribution in [1.29, 1.82) is 0 Å². The number of carbonyl (C=O) groups excluding carboxylic acids is 3. The summed E-state index contributed by atoms with van der Waals surface area (Å²) in [4.78, 5) is 44.5. The number of carbonyl (C=O) groups is 3. The summed E-state index contributed by atoms with van der Waals surface area (Å²) in [5, 5.41) is 3.08. The zero-order valence-corrected chi connectivity index (χ0v) is 23.2. The van der Waals surface area contributed by atoms with Crippen molar-refractivity contribution in [3.05, 3.63) is 93.7 Å². The first-order valence-corrected chi connectivity index (χ1v) is 13.7. The van der Waals surface area contributed by atoms with Crippen molar-refractivity contribution < 1.29 is 23.5 Å². The molecule has 1 unspecified atom stereocenters. The zero-order chi connectivity index (χ0) is 27.9. The smallest absolute Gasteiger partial charge is 0.338 e. The summed E-state index contributed by atoms with van der Waals surface area (Å²) in [6.45, 7) is 2.27. The van der Waals surface area contributed by atoms with E-state index in [-0.39, 0.29) is 31.3 Å². The summed E-state index contributed by atoms with van der Waals surface area (Å²) >= 11 is 13.2. The van der Waals surface area contributed by atoms with Crippen LogP contribution in [-0.2, 0) is 20.7 Å². The summed E-state index contributed by atoms with van der Waals surface area (Å²) in [7, 11) is 0. The number of amidine groups is 1. The highest BCUT2D eigenvalue weighted by Crippen LogP contribution is 2.31. The zero-order valence-electron chi connectivity index (χ0n) is 20.8. The summed E-state index contributed by atoms with van der Waals surface area (Å²) < 4.78 is 18.3. The normalized spacial score (nSPS) is 16.3. The molecule has 202 valence electrons. The Morgan fingerprint density at radius 2 is 1.74 bits per heavy atom. The fourth-order valence-electron chi connectivity index (χ4n) is 3.80. The van der Waals surface area contributed by atoms with E-state index in [9.17, 15) is 18.8 Å². The van der Waals surface area contributed by atoms with E-state index in [0.717, 1.165) is 17.3 Å². The maximum atomic E-state index is 13.3. The molecular weight excluding hydrogens is 564 g/mol. The average Bonchev–Trinajstić information content (AvgIpc) is 2.89. The summed E-state index contributed by atoms with van der Waals surface area (Å²) in [6.07, 6.45) is 0.417. The molecule has 1 aliphatic heterocycles. The number of halogens is 3. The van der Waals surface area contributed by atoms with E-state index in [0.29, 0.717) is 38.6 Å². The van der Waals surface area contributed by atoms with Gasteiger partial charge >= 0.3 is 5.97 Å². The van der Waals surface area contributed by atoms with Crippen LogP contribution < -0.4 is 5.32 Å². The molecule has 1 fully saturated rings. The van der Waals surface area contributed by atoms with Gasteiger partial charge in [0.15, 0.2) is 5.17 Å². The fraction of sp³-hybridized carbons (Fsp3) is 0.214. The Labute approximate surface area is 239 Å². The Hall–Kier alpha value is -3.40. The Balaban J connectivity index is 1.57. The molecule has 0 aliphatic carbocycles. The molecule has 0 radical (unpaired) electrons. The van der Waals surface area contributed by atoms with Gasteiger partial charge in [-0.15, -0.1) is 0 Å². The van der Waals surface area contributed by atoms with Crippen LogP contribution in [0.2, 0.25) is 10.0 Å². The third kappa shape index (κ3) is 7.81.